The lowest BCUT2D eigenvalue weighted by Gasteiger charge is -2.11. The molecule has 1 rings (SSSR count). The van der Waals surface area contributed by atoms with Crippen LogP contribution in [0, 0.1) is 17.1 Å². The van der Waals surface area contributed by atoms with Gasteiger partial charge >= 0.3 is 5.97 Å². The van der Waals surface area contributed by atoms with E-state index in [1.165, 1.54) is 13.2 Å². The Balaban J connectivity index is 3.19. The van der Waals surface area contributed by atoms with Gasteiger partial charge in [0, 0.05) is 0 Å². The average molecular weight is 266 g/mol. The molecule has 1 amide bonds. The summed E-state index contributed by atoms with van der Waals surface area (Å²) in [6.45, 7) is 0. The summed E-state index contributed by atoms with van der Waals surface area (Å²) in [5.74, 6) is -2.43. The molecule has 6 nitrogen and oxygen atoms in total. The summed E-state index contributed by atoms with van der Waals surface area (Å²) < 4.78 is 23.0. The number of nitriles is 1. The van der Waals surface area contributed by atoms with Gasteiger partial charge in [0.25, 0.3) is 0 Å². The predicted octanol–water partition coefficient (Wildman–Crippen LogP) is 1.47. The highest BCUT2D eigenvalue weighted by Gasteiger charge is 2.17. The molecule has 0 heterocycles. The van der Waals surface area contributed by atoms with Gasteiger partial charge in [-0.3, -0.25) is 4.79 Å². The van der Waals surface area contributed by atoms with Crippen molar-refractivity contribution in [1.29, 1.82) is 5.26 Å². The highest BCUT2D eigenvalue weighted by Crippen LogP contribution is 2.29. The fourth-order valence-electron chi connectivity index (χ4n) is 1.40. The van der Waals surface area contributed by atoms with E-state index in [2.05, 4.69) is 10.1 Å². The highest BCUT2D eigenvalue weighted by molar-refractivity contribution is 5.96. The Morgan fingerprint density at radius 3 is 2.63 bits per heavy atom. The Hall–Kier alpha value is -2.62. The molecule has 0 spiro atoms. The van der Waals surface area contributed by atoms with Gasteiger partial charge in [-0.25, -0.2) is 9.18 Å². The van der Waals surface area contributed by atoms with E-state index in [4.69, 9.17) is 10.00 Å². The molecule has 0 aliphatic carbocycles. The normalized spacial score (nSPS) is 9.37. The standard InChI is InChI=1S/C12H11FN2O4/c1-18-11-8(13)5-7(12(17)19-2)6-9(11)15-10(16)3-4-14/h5-6H,3H2,1-2H3,(H,15,16). The van der Waals surface area contributed by atoms with Crippen molar-refractivity contribution in [2.75, 3.05) is 19.5 Å². The summed E-state index contributed by atoms with van der Waals surface area (Å²) in [6.07, 6.45) is -0.396. The largest absolute Gasteiger partial charge is 0.492 e. The molecule has 1 N–H and O–H groups in total. The van der Waals surface area contributed by atoms with Gasteiger partial charge in [0.05, 0.1) is 31.5 Å². The molecule has 0 atom stereocenters. The van der Waals surface area contributed by atoms with Crippen molar-refractivity contribution in [2.24, 2.45) is 0 Å². The van der Waals surface area contributed by atoms with E-state index in [9.17, 15) is 14.0 Å². The number of ether oxygens (including phenoxy) is 2. The molecule has 0 aliphatic rings. The first-order chi connectivity index (χ1) is 9.03. The van der Waals surface area contributed by atoms with Gasteiger partial charge in [0.1, 0.15) is 6.42 Å². The van der Waals surface area contributed by atoms with Crippen LogP contribution in [0.2, 0.25) is 0 Å². The molecule has 100 valence electrons. The number of hydrogen-bond acceptors (Lipinski definition) is 5. The molecule has 0 saturated heterocycles. The van der Waals surface area contributed by atoms with E-state index in [-0.39, 0.29) is 17.0 Å². The molecule has 7 heteroatoms. The van der Waals surface area contributed by atoms with E-state index in [0.29, 0.717) is 0 Å². The quantitative estimate of drug-likeness (QED) is 0.834. The monoisotopic (exact) mass is 266 g/mol. The third-order valence-electron chi connectivity index (χ3n) is 2.18. The van der Waals surface area contributed by atoms with E-state index in [0.717, 1.165) is 13.2 Å². The van der Waals surface area contributed by atoms with Crippen LogP contribution in [0.4, 0.5) is 10.1 Å². The lowest BCUT2D eigenvalue weighted by Crippen LogP contribution is -2.13. The van der Waals surface area contributed by atoms with Crippen molar-refractivity contribution in [3.63, 3.8) is 0 Å². The van der Waals surface area contributed by atoms with E-state index in [1.54, 1.807) is 6.07 Å². The smallest absolute Gasteiger partial charge is 0.338 e. The van der Waals surface area contributed by atoms with Crippen molar-refractivity contribution in [3.8, 4) is 11.8 Å². The molecular weight excluding hydrogens is 255 g/mol. The first-order valence-corrected chi connectivity index (χ1v) is 5.16. The summed E-state index contributed by atoms with van der Waals surface area (Å²) in [5.41, 5.74) is -0.115. The van der Waals surface area contributed by atoms with Crippen molar-refractivity contribution in [1.82, 2.24) is 0 Å². The zero-order valence-electron chi connectivity index (χ0n) is 10.3. The maximum atomic E-state index is 13.7. The Kier molecular flexibility index (Phi) is 4.83. The molecular formula is C12H11FN2O4. The van der Waals surface area contributed by atoms with Crippen LogP contribution < -0.4 is 10.1 Å². The van der Waals surface area contributed by atoms with Crippen molar-refractivity contribution < 1.29 is 23.5 Å². The van der Waals surface area contributed by atoms with Gasteiger partial charge in [-0.15, -0.1) is 0 Å². The van der Waals surface area contributed by atoms with Crippen molar-refractivity contribution in [2.45, 2.75) is 6.42 Å². The van der Waals surface area contributed by atoms with Gasteiger partial charge < -0.3 is 14.8 Å². The van der Waals surface area contributed by atoms with Crippen LogP contribution >= 0.6 is 0 Å². The van der Waals surface area contributed by atoms with Gasteiger partial charge in [0.15, 0.2) is 11.6 Å². The second-order valence-corrected chi connectivity index (χ2v) is 3.41. The third-order valence-corrected chi connectivity index (χ3v) is 2.18. The van der Waals surface area contributed by atoms with E-state index < -0.39 is 24.1 Å². The molecule has 0 bridgehead atoms. The van der Waals surface area contributed by atoms with Gasteiger partial charge in [-0.05, 0) is 12.1 Å². The number of nitrogens with zero attached hydrogens (tertiary/aromatic N) is 1. The fourth-order valence-corrected chi connectivity index (χ4v) is 1.40. The van der Waals surface area contributed by atoms with Gasteiger partial charge in [-0.1, -0.05) is 0 Å². The first-order valence-electron chi connectivity index (χ1n) is 5.16. The van der Waals surface area contributed by atoms with Crippen molar-refractivity contribution >= 4 is 17.6 Å². The molecule has 0 saturated carbocycles. The Bertz CT molecular complexity index is 551. The molecule has 0 aliphatic heterocycles. The number of benzene rings is 1. The summed E-state index contributed by atoms with van der Waals surface area (Å²) in [4.78, 5) is 22.6. The minimum absolute atomic E-state index is 0.0387. The molecule has 0 radical (unpaired) electrons. The predicted molar refractivity (Wildman–Crippen MR) is 63.2 cm³/mol. The molecule has 1 aromatic carbocycles. The van der Waals surface area contributed by atoms with Crippen LogP contribution in [-0.2, 0) is 9.53 Å². The summed E-state index contributed by atoms with van der Waals surface area (Å²) >= 11 is 0. The molecule has 0 unspecified atom stereocenters. The second kappa shape index (κ2) is 6.35. The number of amides is 1. The zero-order valence-corrected chi connectivity index (χ0v) is 10.3. The molecule has 0 fully saturated rings. The topological polar surface area (TPSA) is 88.4 Å². The van der Waals surface area contributed by atoms with Crippen LogP contribution in [0.5, 0.6) is 5.75 Å². The average Bonchev–Trinajstić information content (AvgIpc) is 2.37. The molecule has 19 heavy (non-hydrogen) atoms. The summed E-state index contributed by atoms with van der Waals surface area (Å²) in [7, 11) is 2.37. The van der Waals surface area contributed by atoms with Crippen molar-refractivity contribution in [3.05, 3.63) is 23.5 Å². The number of hydrogen-bond donors (Lipinski definition) is 1. The number of esters is 1. The number of halogens is 1. The lowest BCUT2D eigenvalue weighted by atomic mass is 10.1. The number of carbonyl (C=O) groups is 2. The van der Waals surface area contributed by atoms with Gasteiger partial charge in [-0.2, -0.15) is 5.26 Å². The number of nitrogens with one attached hydrogen (secondary N) is 1. The van der Waals surface area contributed by atoms with Gasteiger partial charge in [0.2, 0.25) is 5.91 Å². The van der Waals surface area contributed by atoms with Crippen LogP contribution in [0.3, 0.4) is 0 Å². The Morgan fingerprint density at radius 1 is 1.42 bits per heavy atom. The van der Waals surface area contributed by atoms with Crippen LogP contribution in [0.15, 0.2) is 12.1 Å². The van der Waals surface area contributed by atoms with E-state index >= 15 is 0 Å². The maximum absolute atomic E-state index is 13.7. The minimum atomic E-state index is -0.822. The second-order valence-electron chi connectivity index (χ2n) is 3.41. The number of carbonyl (C=O) groups excluding carboxylic acids is 2. The number of methoxy groups -OCH3 is 2. The highest BCUT2D eigenvalue weighted by atomic mass is 19.1. The zero-order chi connectivity index (χ0) is 14.4. The minimum Gasteiger partial charge on any atom is -0.492 e. The van der Waals surface area contributed by atoms with Crippen LogP contribution in [0.25, 0.3) is 0 Å². The lowest BCUT2D eigenvalue weighted by molar-refractivity contribution is -0.115. The SMILES string of the molecule is COC(=O)c1cc(F)c(OC)c(NC(=O)CC#N)c1. The summed E-state index contributed by atoms with van der Waals surface area (Å²) in [5, 5.41) is 10.7. The maximum Gasteiger partial charge on any atom is 0.338 e. The van der Waals surface area contributed by atoms with Crippen LogP contribution in [0.1, 0.15) is 16.8 Å². The fraction of sp³-hybridized carbons (Fsp3) is 0.250. The number of anilines is 1. The Labute approximate surface area is 108 Å². The first kappa shape index (κ1) is 14.4. The van der Waals surface area contributed by atoms with E-state index in [1.807, 2.05) is 0 Å². The third kappa shape index (κ3) is 3.42. The Morgan fingerprint density at radius 2 is 2.11 bits per heavy atom. The summed E-state index contributed by atoms with van der Waals surface area (Å²) in [6, 6.07) is 3.80. The molecule has 0 aromatic heterocycles. The number of rotatable bonds is 4. The molecule has 1 aromatic rings. The van der Waals surface area contributed by atoms with Crippen LogP contribution in [-0.4, -0.2) is 26.1 Å².